The second kappa shape index (κ2) is 4.11. The first kappa shape index (κ1) is 10.3. The van der Waals surface area contributed by atoms with Gasteiger partial charge in [-0.25, -0.2) is 0 Å². The molecule has 3 nitrogen and oxygen atoms in total. The summed E-state index contributed by atoms with van der Waals surface area (Å²) in [5.74, 6) is 0.300. The van der Waals surface area contributed by atoms with E-state index >= 15 is 0 Å². The molecule has 0 aliphatic carbocycles. The number of phenols is 1. The number of phenolic OH excluding ortho intramolecular Hbond substituents is 1. The Morgan fingerprint density at radius 2 is 2.20 bits per heavy atom. The van der Waals surface area contributed by atoms with Crippen LogP contribution < -0.4 is 4.90 Å². The third-order valence-electron chi connectivity index (χ3n) is 2.97. The average molecular weight is 207 g/mol. The van der Waals surface area contributed by atoms with E-state index in [-0.39, 0.29) is 12.6 Å². The first-order valence-electron chi connectivity index (χ1n) is 5.39. The van der Waals surface area contributed by atoms with Crippen molar-refractivity contribution in [2.45, 2.75) is 25.8 Å². The Hall–Kier alpha value is -1.22. The lowest BCUT2D eigenvalue weighted by atomic mass is 10.1. The van der Waals surface area contributed by atoms with Gasteiger partial charge >= 0.3 is 0 Å². The molecule has 2 N–H and O–H groups in total. The van der Waals surface area contributed by atoms with Crippen LogP contribution in [-0.2, 0) is 0 Å². The number of anilines is 1. The molecule has 0 radical (unpaired) electrons. The minimum absolute atomic E-state index is 0.189. The number of aliphatic hydroxyl groups excluding tert-OH is 1. The Morgan fingerprint density at radius 3 is 2.87 bits per heavy atom. The highest BCUT2D eigenvalue weighted by atomic mass is 16.3. The number of nitrogens with zero attached hydrogens (tertiary/aromatic N) is 1. The van der Waals surface area contributed by atoms with E-state index in [0.717, 1.165) is 30.6 Å². The normalized spacial score (nSPS) is 20.9. The highest BCUT2D eigenvalue weighted by molar-refractivity contribution is 5.54. The first-order valence-corrected chi connectivity index (χ1v) is 5.39. The van der Waals surface area contributed by atoms with Crippen LogP contribution in [-0.4, -0.2) is 29.4 Å². The maximum absolute atomic E-state index is 9.52. The lowest BCUT2D eigenvalue weighted by molar-refractivity contribution is 0.266. The number of rotatable bonds is 2. The molecule has 1 atom stereocenters. The van der Waals surface area contributed by atoms with Gasteiger partial charge in [-0.15, -0.1) is 0 Å². The van der Waals surface area contributed by atoms with Gasteiger partial charge in [-0.3, -0.25) is 0 Å². The van der Waals surface area contributed by atoms with Crippen molar-refractivity contribution in [1.29, 1.82) is 0 Å². The summed E-state index contributed by atoms with van der Waals surface area (Å²) in [7, 11) is 0. The number of aliphatic hydroxyl groups is 1. The molecular formula is C12H17NO2. The van der Waals surface area contributed by atoms with E-state index in [9.17, 15) is 10.2 Å². The molecule has 1 aliphatic heterocycles. The Bertz CT molecular complexity index is 331. The molecule has 15 heavy (non-hydrogen) atoms. The second-order valence-corrected chi connectivity index (χ2v) is 4.20. The largest absolute Gasteiger partial charge is 0.508 e. The molecule has 2 rings (SSSR count). The molecule has 0 spiro atoms. The van der Waals surface area contributed by atoms with Gasteiger partial charge < -0.3 is 15.1 Å². The molecule has 1 aliphatic rings. The molecule has 0 bridgehead atoms. The van der Waals surface area contributed by atoms with Crippen LogP contribution in [0.2, 0.25) is 0 Å². The molecular weight excluding hydrogens is 190 g/mol. The minimum atomic E-state index is 0.189. The van der Waals surface area contributed by atoms with Crippen LogP contribution in [0, 0.1) is 6.92 Å². The fourth-order valence-electron chi connectivity index (χ4n) is 2.27. The van der Waals surface area contributed by atoms with Gasteiger partial charge in [0, 0.05) is 18.3 Å². The van der Waals surface area contributed by atoms with E-state index in [0.29, 0.717) is 5.75 Å². The molecule has 82 valence electrons. The van der Waals surface area contributed by atoms with E-state index in [4.69, 9.17) is 0 Å². The number of hydrogen-bond acceptors (Lipinski definition) is 3. The molecule has 1 fully saturated rings. The molecule has 3 heteroatoms. The van der Waals surface area contributed by atoms with Crippen molar-refractivity contribution in [3.63, 3.8) is 0 Å². The van der Waals surface area contributed by atoms with Crippen LogP contribution >= 0.6 is 0 Å². The predicted octanol–water partition coefficient (Wildman–Crippen LogP) is 1.66. The van der Waals surface area contributed by atoms with Crippen molar-refractivity contribution in [3.8, 4) is 5.75 Å². The Morgan fingerprint density at radius 1 is 1.40 bits per heavy atom. The monoisotopic (exact) mass is 207 g/mol. The zero-order valence-electron chi connectivity index (χ0n) is 8.98. The van der Waals surface area contributed by atoms with Crippen molar-refractivity contribution in [2.75, 3.05) is 18.1 Å². The lowest BCUT2D eigenvalue weighted by Crippen LogP contribution is -2.31. The molecule has 1 unspecified atom stereocenters. The van der Waals surface area contributed by atoms with Crippen molar-refractivity contribution in [3.05, 3.63) is 23.8 Å². The van der Waals surface area contributed by atoms with Gasteiger partial charge in [0.05, 0.1) is 12.6 Å². The maximum atomic E-state index is 9.52. The van der Waals surface area contributed by atoms with E-state index in [2.05, 4.69) is 4.90 Å². The van der Waals surface area contributed by atoms with Gasteiger partial charge in [0.25, 0.3) is 0 Å². The molecule has 0 amide bonds. The van der Waals surface area contributed by atoms with Gasteiger partial charge in [0.15, 0.2) is 0 Å². The predicted molar refractivity (Wildman–Crippen MR) is 60.3 cm³/mol. The van der Waals surface area contributed by atoms with Gasteiger partial charge in [0.1, 0.15) is 5.75 Å². The number of benzene rings is 1. The molecule has 1 aromatic rings. The molecule has 0 saturated carbocycles. The van der Waals surface area contributed by atoms with Crippen molar-refractivity contribution in [1.82, 2.24) is 0 Å². The van der Waals surface area contributed by atoms with Crippen LogP contribution in [0.5, 0.6) is 5.75 Å². The summed E-state index contributed by atoms with van der Waals surface area (Å²) >= 11 is 0. The maximum Gasteiger partial charge on any atom is 0.117 e. The zero-order valence-corrected chi connectivity index (χ0v) is 8.98. The fraction of sp³-hybridized carbons (Fsp3) is 0.500. The summed E-state index contributed by atoms with van der Waals surface area (Å²) in [4.78, 5) is 2.17. The summed E-state index contributed by atoms with van der Waals surface area (Å²) in [5.41, 5.74) is 2.07. The van der Waals surface area contributed by atoms with Gasteiger partial charge in [-0.1, -0.05) is 0 Å². The standard InChI is InChI=1S/C12H17NO2/c1-9-5-11(7-12(15)6-9)13-4-2-3-10(13)8-14/h5-7,10,14-15H,2-4,8H2,1H3. The van der Waals surface area contributed by atoms with E-state index in [1.807, 2.05) is 13.0 Å². The summed E-state index contributed by atoms with van der Waals surface area (Å²) in [6.45, 7) is 3.12. The topological polar surface area (TPSA) is 43.7 Å². The van der Waals surface area contributed by atoms with Crippen LogP contribution in [0.1, 0.15) is 18.4 Å². The third-order valence-corrected chi connectivity index (χ3v) is 2.97. The van der Waals surface area contributed by atoms with Crippen molar-refractivity contribution in [2.24, 2.45) is 0 Å². The quantitative estimate of drug-likeness (QED) is 0.775. The number of aryl methyl sites for hydroxylation is 1. The molecule has 1 aromatic carbocycles. The highest BCUT2D eigenvalue weighted by Gasteiger charge is 2.24. The Labute approximate surface area is 90.0 Å². The smallest absolute Gasteiger partial charge is 0.117 e. The summed E-state index contributed by atoms with van der Waals surface area (Å²) < 4.78 is 0. The molecule has 1 heterocycles. The third kappa shape index (κ3) is 2.07. The van der Waals surface area contributed by atoms with E-state index in [1.165, 1.54) is 0 Å². The Kier molecular flexibility index (Phi) is 2.82. The van der Waals surface area contributed by atoms with Crippen LogP contribution in [0.15, 0.2) is 18.2 Å². The van der Waals surface area contributed by atoms with E-state index in [1.54, 1.807) is 12.1 Å². The number of aromatic hydroxyl groups is 1. The minimum Gasteiger partial charge on any atom is -0.508 e. The van der Waals surface area contributed by atoms with Gasteiger partial charge in [0.2, 0.25) is 0 Å². The van der Waals surface area contributed by atoms with Crippen LogP contribution in [0.3, 0.4) is 0 Å². The Balaban J connectivity index is 2.28. The first-order chi connectivity index (χ1) is 7.20. The van der Waals surface area contributed by atoms with Crippen LogP contribution in [0.25, 0.3) is 0 Å². The van der Waals surface area contributed by atoms with Gasteiger partial charge in [-0.05, 0) is 37.5 Å². The summed E-state index contributed by atoms with van der Waals surface area (Å²) in [6, 6.07) is 5.77. The lowest BCUT2D eigenvalue weighted by Gasteiger charge is -2.25. The van der Waals surface area contributed by atoms with E-state index < -0.39 is 0 Å². The molecule has 0 aromatic heterocycles. The number of hydrogen-bond donors (Lipinski definition) is 2. The highest BCUT2D eigenvalue weighted by Crippen LogP contribution is 2.29. The fourth-order valence-corrected chi connectivity index (χ4v) is 2.27. The molecule has 1 saturated heterocycles. The van der Waals surface area contributed by atoms with Crippen molar-refractivity contribution < 1.29 is 10.2 Å². The zero-order chi connectivity index (χ0) is 10.8. The second-order valence-electron chi connectivity index (χ2n) is 4.20. The van der Waals surface area contributed by atoms with Crippen LogP contribution in [0.4, 0.5) is 5.69 Å². The van der Waals surface area contributed by atoms with Crippen molar-refractivity contribution >= 4 is 5.69 Å². The SMILES string of the molecule is Cc1cc(O)cc(N2CCCC2CO)c1. The van der Waals surface area contributed by atoms with Gasteiger partial charge in [-0.2, -0.15) is 0 Å². The average Bonchev–Trinajstić information content (AvgIpc) is 2.63. The summed E-state index contributed by atoms with van der Waals surface area (Å²) in [6.07, 6.45) is 2.14. The summed E-state index contributed by atoms with van der Waals surface area (Å²) in [5, 5.41) is 18.8.